The molecule has 0 aromatic carbocycles. The van der Waals surface area contributed by atoms with Crippen LogP contribution in [0.3, 0.4) is 0 Å². The molecule has 18 heavy (non-hydrogen) atoms. The molecular formula is C14H25N3O. The number of nitrogen functional groups attached to an aromatic ring is 1. The van der Waals surface area contributed by atoms with Gasteiger partial charge in [-0.05, 0) is 18.6 Å². The topological polar surface area (TPSA) is 62.4 Å². The van der Waals surface area contributed by atoms with E-state index in [1.807, 2.05) is 26.0 Å². The zero-order chi connectivity index (χ0) is 13.8. The molecule has 1 aromatic rings. The average Bonchev–Trinajstić information content (AvgIpc) is 2.36. The third-order valence-electron chi connectivity index (χ3n) is 3.31. The fourth-order valence-corrected chi connectivity index (χ4v) is 2.15. The molecule has 1 atom stereocenters. The van der Waals surface area contributed by atoms with Crippen LogP contribution >= 0.6 is 0 Å². The van der Waals surface area contributed by atoms with Crippen LogP contribution in [0.2, 0.25) is 0 Å². The molecule has 0 amide bonds. The molecule has 0 saturated carbocycles. The molecule has 1 saturated heterocycles. The zero-order valence-electron chi connectivity index (χ0n) is 11.8. The zero-order valence-corrected chi connectivity index (χ0v) is 11.8. The lowest BCUT2D eigenvalue weighted by atomic mass is 9.81. The number of nitrogens with zero attached hydrogens (tertiary/aromatic N) is 2. The minimum atomic E-state index is -0.217. The summed E-state index contributed by atoms with van der Waals surface area (Å²) >= 11 is 0. The first-order chi connectivity index (χ1) is 8.49. The number of hydrogen-bond acceptors (Lipinski definition) is 4. The highest BCUT2D eigenvalue weighted by atomic mass is 16.3. The number of hydrogen-bond donors (Lipinski definition) is 2. The lowest BCUT2D eigenvalue weighted by molar-refractivity contribution is 0.0336. The van der Waals surface area contributed by atoms with Crippen molar-refractivity contribution in [3.05, 3.63) is 18.3 Å². The Morgan fingerprint density at radius 1 is 1.39 bits per heavy atom. The van der Waals surface area contributed by atoms with Crippen LogP contribution in [0.1, 0.15) is 34.1 Å². The summed E-state index contributed by atoms with van der Waals surface area (Å²) in [5.74, 6) is 0.542. The Kier molecular flexibility index (Phi) is 4.96. The number of rotatable bonds is 1. The fourth-order valence-electron chi connectivity index (χ4n) is 2.15. The minimum Gasteiger partial charge on any atom is -0.392 e. The molecule has 0 spiro atoms. The first-order valence-electron chi connectivity index (χ1n) is 6.63. The molecule has 1 unspecified atom stereocenters. The summed E-state index contributed by atoms with van der Waals surface area (Å²) in [5.41, 5.74) is 6.57. The molecule has 0 bridgehead atoms. The second-order valence-electron chi connectivity index (χ2n) is 5.16. The number of pyridine rings is 1. The molecule has 0 aliphatic carbocycles. The standard InChI is InChI=1S/C12H19N3O.C2H6/c1-12(2)8-15(6-5-10(12)16)9-3-4-11(13)14-7-9;1-2/h3-4,7,10,16H,5-6,8H2,1-2H3,(H2,13,14);1-2H3. The van der Waals surface area contributed by atoms with Gasteiger partial charge in [0.1, 0.15) is 5.82 Å². The van der Waals surface area contributed by atoms with Gasteiger partial charge in [-0.3, -0.25) is 0 Å². The van der Waals surface area contributed by atoms with Gasteiger partial charge >= 0.3 is 0 Å². The molecule has 2 rings (SSSR count). The van der Waals surface area contributed by atoms with Crippen LogP contribution in [0.5, 0.6) is 0 Å². The minimum absolute atomic E-state index is 0.0698. The Hall–Kier alpha value is -1.29. The van der Waals surface area contributed by atoms with Gasteiger partial charge in [0.05, 0.1) is 18.0 Å². The van der Waals surface area contributed by atoms with Crippen LogP contribution in [0, 0.1) is 5.41 Å². The largest absolute Gasteiger partial charge is 0.392 e. The van der Waals surface area contributed by atoms with Gasteiger partial charge in [-0.25, -0.2) is 4.98 Å². The summed E-state index contributed by atoms with van der Waals surface area (Å²) in [6.45, 7) is 9.90. The van der Waals surface area contributed by atoms with Gasteiger partial charge in [0.2, 0.25) is 0 Å². The van der Waals surface area contributed by atoms with Crippen LogP contribution in [0.15, 0.2) is 18.3 Å². The number of piperidine rings is 1. The maximum absolute atomic E-state index is 9.88. The van der Waals surface area contributed by atoms with Gasteiger partial charge in [0.25, 0.3) is 0 Å². The van der Waals surface area contributed by atoms with E-state index in [-0.39, 0.29) is 11.5 Å². The number of aliphatic hydroxyl groups excluding tert-OH is 1. The van der Waals surface area contributed by atoms with E-state index in [4.69, 9.17) is 5.73 Å². The Labute approximate surface area is 110 Å². The maximum atomic E-state index is 9.88. The molecule has 1 aromatic heterocycles. The Morgan fingerprint density at radius 2 is 2.06 bits per heavy atom. The molecular weight excluding hydrogens is 226 g/mol. The van der Waals surface area contributed by atoms with Crippen molar-refractivity contribution in [1.82, 2.24) is 4.98 Å². The Bertz CT molecular complexity index is 362. The van der Waals surface area contributed by atoms with Crippen LogP contribution < -0.4 is 10.6 Å². The average molecular weight is 251 g/mol. The van der Waals surface area contributed by atoms with Gasteiger partial charge in [0.15, 0.2) is 0 Å². The SMILES string of the molecule is CC.CC1(C)CN(c2ccc(N)nc2)CCC1O. The van der Waals surface area contributed by atoms with Crippen molar-refractivity contribution in [1.29, 1.82) is 0 Å². The summed E-state index contributed by atoms with van der Waals surface area (Å²) in [4.78, 5) is 6.34. The third-order valence-corrected chi connectivity index (χ3v) is 3.31. The normalized spacial score (nSPS) is 22.1. The highest BCUT2D eigenvalue weighted by molar-refractivity contribution is 5.48. The van der Waals surface area contributed by atoms with Gasteiger partial charge in [-0.1, -0.05) is 27.7 Å². The predicted molar refractivity (Wildman–Crippen MR) is 76.6 cm³/mol. The number of aliphatic hydroxyl groups is 1. The van der Waals surface area contributed by atoms with E-state index in [1.165, 1.54) is 0 Å². The first kappa shape index (κ1) is 14.8. The Balaban J connectivity index is 0.000000771. The van der Waals surface area contributed by atoms with Crippen LogP contribution in [-0.4, -0.2) is 29.3 Å². The molecule has 102 valence electrons. The summed E-state index contributed by atoms with van der Waals surface area (Å²) in [6.07, 6.45) is 2.38. The summed E-state index contributed by atoms with van der Waals surface area (Å²) in [6, 6.07) is 3.80. The molecule has 0 radical (unpaired) electrons. The highest BCUT2D eigenvalue weighted by Crippen LogP contribution is 2.31. The Morgan fingerprint density at radius 3 is 2.56 bits per heavy atom. The van der Waals surface area contributed by atoms with Crippen molar-refractivity contribution in [2.24, 2.45) is 5.41 Å². The van der Waals surface area contributed by atoms with E-state index in [2.05, 4.69) is 23.7 Å². The van der Waals surface area contributed by atoms with Crippen LogP contribution in [0.4, 0.5) is 11.5 Å². The molecule has 1 aliphatic heterocycles. The summed E-state index contributed by atoms with van der Waals surface area (Å²) < 4.78 is 0. The number of aromatic nitrogens is 1. The fraction of sp³-hybridized carbons (Fsp3) is 0.643. The van der Waals surface area contributed by atoms with E-state index in [0.717, 1.165) is 25.2 Å². The second-order valence-corrected chi connectivity index (χ2v) is 5.16. The van der Waals surface area contributed by atoms with E-state index in [0.29, 0.717) is 5.82 Å². The monoisotopic (exact) mass is 251 g/mol. The van der Waals surface area contributed by atoms with Crippen LogP contribution in [0.25, 0.3) is 0 Å². The molecule has 1 fully saturated rings. The van der Waals surface area contributed by atoms with Gasteiger partial charge in [-0.2, -0.15) is 0 Å². The van der Waals surface area contributed by atoms with Gasteiger partial charge in [0, 0.05) is 18.5 Å². The van der Waals surface area contributed by atoms with Gasteiger partial charge < -0.3 is 15.7 Å². The summed E-state index contributed by atoms with van der Waals surface area (Å²) in [5, 5.41) is 9.88. The second kappa shape index (κ2) is 6.05. The van der Waals surface area contributed by atoms with Crippen molar-refractivity contribution in [2.75, 3.05) is 23.7 Å². The van der Waals surface area contributed by atoms with Crippen molar-refractivity contribution < 1.29 is 5.11 Å². The van der Waals surface area contributed by atoms with Crippen molar-refractivity contribution in [3.63, 3.8) is 0 Å². The third kappa shape index (κ3) is 3.35. The van der Waals surface area contributed by atoms with Crippen molar-refractivity contribution in [3.8, 4) is 0 Å². The highest BCUT2D eigenvalue weighted by Gasteiger charge is 2.34. The van der Waals surface area contributed by atoms with Crippen LogP contribution in [-0.2, 0) is 0 Å². The summed E-state index contributed by atoms with van der Waals surface area (Å²) in [7, 11) is 0. The quantitative estimate of drug-likeness (QED) is 0.804. The van der Waals surface area contributed by atoms with Gasteiger partial charge in [-0.15, -0.1) is 0 Å². The maximum Gasteiger partial charge on any atom is 0.123 e. The van der Waals surface area contributed by atoms with E-state index >= 15 is 0 Å². The van der Waals surface area contributed by atoms with E-state index in [9.17, 15) is 5.11 Å². The molecule has 4 nitrogen and oxygen atoms in total. The molecule has 4 heteroatoms. The molecule has 2 heterocycles. The van der Waals surface area contributed by atoms with E-state index < -0.39 is 0 Å². The smallest absolute Gasteiger partial charge is 0.123 e. The molecule has 3 N–H and O–H groups in total. The number of nitrogens with two attached hydrogens (primary N) is 1. The number of anilines is 2. The first-order valence-corrected chi connectivity index (χ1v) is 6.63. The molecule has 1 aliphatic rings. The lowest BCUT2D eigenvalue weighted by Crippen LogP contribution is -2.48. The van der Waals surface area contributed by atoms with E-state index in [1.54, 1.807) is 6.20 Å². The van der Waals surface area contributed by atoms with Crippen molar-refractivity contribution in [2.45, 2.75) is 40.2 Å². The predicted octanol–water partition coefficient (Wildman–Crippen LogP) is 2.29. The lowest BCUT2D eigenvalue weighted by Gasteiger charge is -2.42. The van der Waals surface area contributed by atoms with Crippen molar-refractivity contribution >= 4 is 11.5 Å².